The molecule has 0 aliphatic carbocycles. The van der Waals surface area contributed by atoms with Crippen LogP contribution >= 0.6 is 0 Å². The Hall–Kier alpha value is -1.48. The zero-order valence-electron chi connectivity index (χ0n) is 11.2. The highest BCUT2D eigenvalue weighted by Crippen LogP contribution is 2.22. The third-order valence-electron chi connectivity index (χ3n) is 3.34. The van der Waals surface area contributed by atoms with Crippen molar-refractivity contribution in [1.82, 2.24) is 15.3 Å². The van der Waals surface area contributed by atoms with E-state index in [9.17, 15) is 0 Å². The van der Waals surface area contributed by atoms with Gasteiger partial charge in [0.25, 0.3) is 0 Å². The molecule has 3 nitrogen and oxygen atoms in total. The molecule has 0 amide bonds. The van der Waals surface area contributed by atoms with Crippen LogP contribution in [0.25, 0.3) is 11.0 Å². The van der Waals surface area contributed by atoms with Crippen LogP contribution in [0.1, 0.15) is 44.2 Å². The molecule has 0 saturated carbocycles. The average molecular weight is 243 g/mol. The van der Waals surface area contributed by atoms with E-state index in [1.165, 1.54) is 31.2 Å². The van der Waals surface area contributed by atoms with Crippen molar-refractivity contribution >= 4 is 11.0 Å². The minimum atomic E-state index is 0.419. The maximum Gasteiger partial charge on any atom is 0.0890 e. The number of nitrogens with one attached hydrogen (secondary N) is 1. The highest BCUT2D eigenvalue weighted by Gasteiger charge is 2.09. The normalized spacial score (nSPS) is 12.8. The SMILES string of the molecule is CCCCCC(NC)c1ccc2nccnc2c1. The van der Waals surface area contributed by atoms with Crippen molar-refractivity contribution in [3.8, 4) is 0 Å². The predicted molar refractivity (Wildman–Crippen MR) is 75.5 cm³/mol. The second-order valence-electron chi connectivity index (χ2n) is 4.64. The summed E-state index contributed by atoms with van der Waals surface area (Å²) in [6.45, 7) is 2.24. The molecular weight excluding hydrogens is 222 g/mol. The van der Waals surface area contributed by atoms with Gasteiger partial charge < -0.3 is 5.32 Å². The molecule has 3 heteroatoms. The number of hydrogen-bond donors (Lipinski definition) is 1. The summed E-state index contributed by atoms with van der Waals surface area (Å²) in [5, 5.41) is 3.39. The van der Waals surface area contributed by atoms with E-state index >= 15 is 0 Å². The molecule has 1 unspecified atom stereocenters. The lowest BCUT2D eigenvalue weighted by Crippen LogP contribution is -2.16. The summed E-state index contributed by atoms with van der Waals surface area (Å²) < 4.78 is 0. The van der Waals surface area contributed by atoms with Crippen molar-refractivity contribution in [2.75, 3.05) is 7.05 Å². The molecule has 0 bridgehead atoms. The Bertz CT molecular complexity index is 496. The summed E-state index contributed by atoms with van der Waals surface area (Å²) in [5.41, 5.74) is 3.25. The van der Waals surface area contributed by atoms with Crippen LogP contribution in [0.15, 0.2) is 30.6 Å². The van der Waals surface area contributed by atoms with Gasteiger partial charge >= 0.3 is 0 Å². The molecule has 0 fully saturated rings. The first-order valence-electron chi connectivity index (χ1n) is 6.73. The average Bonchev–Trinajstić information content (AvgIpc) is 2.43. The van der Waals surface area contributed by atoms with E-state index in [-0.39, 0.29) is 0 Å². The van der Waals surface area contributed by atoms with E-state index in [1.807, 2.05) is 7.05 Å². The highest BCUT2D eigenvalue weighted by atomic mass is 14.9. The zero-order chi connectivity index (χ0) is 12.8. The first-order valence-corrected chi connectivity index (χ1v) is 6.73. The first-order chi connectivity index (χ1) is 8.85. The molecule has 2 aromatic rings. The lowest BCUT2D eigenvalue weighted by Gasteiger charge is -2.16. The number of benzene rings is 1. The largest absolute Gasteiger partial charge is 0.313 e. The van der Waals surface area contributed by atoms with Gasteiger partial charge in [-0.3, -0.25) is 9.97 Å². The van der Waals surface area contributed by atoms with Crippen molar-refractivity contribution in [3.63, 3.8) is 0 Å². The topological polar surface area (TPSA) is 37.8 Å². The first kappa shape index (κ1) is 13.0. The second kappa shape index (κ2) is 6.45. The fourth-order valence-corrected chi connectivity index (χ4v) is 2.27. The Balaban J connectivity index is 2.17. The summed E-state index contributed by atoms with van der Waals surface area (Å²) in [4.78, 5) is 8.66. The molecule has 96 valence electrons. The Labute approximate surface area is 109 Å². The molecule has 0 spiro atoms. The Morgan fingerprint density at radius 3 is 2.61 bits per heavy atom. The number of nitrogens with zero attached hydrogens (tertiary/aromatic N) is 2. The predicted octanol–water partition coefficient (Wildman–Crippen LogP) is 3.47. The van der Waals surface area contributed by atoms with Gasteiger partial charge in [0, 0.05) is 18.4 Å². The summed E-state index contributed by atoms with van der Waals surface area (Å²) in [5.74, 6) is 0. The van der Waals surface area contributed by atoms with E-state index < -0.39 is 0 Å². The number of aromatic nitrogens is 2. The third kappa shape index (κ3) is 3.05. The minimum Gasteiger partial charge on any atom is -0.313 e. The molecule has 18 heavy (non-hydrogen) atoms. The van der Waals surface area contributed by atoms with E-state index in [1.54, 1.807) is 12.4 Å². The number of rotatable bonds is 6. The molecule has 0 radical (unpaired) electrons. The third-order valence-corrected chi connectivity index (χ3v) is 3.34. The summed E-state index contributed by atoms with van der Waals surface area (Å²) in [6.07, 6.45) is 8.48. The second-order valence-corrected chi connectivity index (χ2v) is 4.64. The quantitative estimate of drug-likeness (QED) is 0.789. The van der Waals surface area contributed by atoms with Gasteiger partial charge in [0.1, 0.15) is 0 Å². The fourth-order valence-electron chi connectivity index (χ4n) is 2.27. The van der Waals surface area contributed by atoms with Gasteiger partial charge in [-0.1, -0.05) is 32.3 Å². The lowest BCUT2D eigenvalue weighted by atomic mass is 10.00. The van der Waals surface area contributed by atoms with Crippen LogP contribution in [-0.4, -0.2) is 17.0 Å². The molecule has 2 rings (SSSR count). The smallest absolute Gasteiger partial charge is 0.0890 e. The van der Waals surface area contributed by atoms with Crippen LogP contribution in [0, 0.1) is 0 Å². The van der Waals surface area contributed by atoms with Crippen LogP contribution in [0.5, 0.6) is 0 Å². The van der Waals surface area contributed by atoms with Gasteiger partial charge in [-0.05, 0) is 31.2 Å². The molecular formula is C15H21N3. The van der Waals surface area contributed by atoms with Gasteiger partial charge in [-0.15, -0.1) is 0 Å². The van der Waals surface area contributed by atoms with Crippen LogP contribution < -0.4 is 5.32 Å². The van der Waals surface area contributed by atoms with E-state index in [0.717, 1.165) is 11.0 Å². The van der Waals surface area contributed by atoms with Crippen LogP contribution in [-0.2, 0) is 0 Å². The van der Waals surface area contributed by atoms with E-state index in [0.29, 0.717) is 6.04 Å². The monoisotopic (exact) mass is 243 g/mol. The van der Waals surface area contributed by atoms with Crippen molar-refractivity contribution in [2.45, 2.75) is 38.6 Å². The van der Waals surface area contributed by atoms with Gasteiger partial charge in [-0.25, -0.2) is 0 Å². The lowest BCUT2D eigenvalue weighted by molar-refractivity contribution is 0.512. The Morgan fingerprint density at radius 1 is 1.11 bits per heavy atom. The van der Waals surface area contributed by atoms with Crippen molar-refractivity contribution < 1.29 is 0 Å². The van der Waals surface area contributed by atoms with Gasteiger partial charge in [0.05, 0.1) is 11.0 Å². The molecule has 1 atom stereocenters. The van der Waals surface area contributed by atoms with Crippen molar-refractivity contribution in [2.24, 2.45) is 0 Å². The zero-order valence-corrected chi connectivity index (χ0v) is 11.2. The summed E-state index contributed by atoms with van der Waals surface area (Å²) >= 11 is 0. The molecule has 1 N–H and O–H groups in total. The van der Waals surface area contributed by atoms with Gasteiger partial charge in [0.2, 0.25) is 0 Å². The molecule has 0 aliphatic heterocycles. The standard InChI is InChI=1S/C15H21N3/c1-3-4-5-6-13(16-2)12-7-8-14-15(11-12)18-10-9-17-14/h7-11,13,16H,3-6H2,1-2H3. The highest BCUT2D eigenvalue weighted by molar-refractivity contribution is 5.74. The number of hydrogen-bond acceptors (Lipinski definition) is 3. The number of fused-ring (bicyclic) bond motifs is 1. The maximum absolute atomic E-state index is 4.36. The van der Waals surface area contributed by atoms with Crippen LogP contribution in [0.4, 0.5) is 0 Å². The molecule has 1 aromatic heterocycles. The van der Waals surface area contributed by atoms with E-state index in [4.69, 9.17) is 0 Å². The Morgan fingerprint density at radius 2 is 1.89 bits per heavy atom. The van der Waals surface area contributed by atoms with E-state index in [2.05, 4.69) is 40.4 Å². The van der Waals surface area contributed by atoms with Gasteiger partial charge in [0.15, 0.2) is 0 Å². The number of unbranched alkanes of at least 4 members (excludes halogenated alkanes) is 2. The maximum atomic E-state index is 4.36. The summed E-state index contributed by atoms with van der Waals surface area (Å²) in [7, 11) is 2.03. The van der Waals surface area contributed by atoms with Crippen molar-refractivity contribution in [1.29, 1.82) is 0 Å². The van der Waals surface area contributed by atoms with Gasteiger partial charge in [-0.2, -0.15) is 0 Å². The fraction of sp³-hybridized carbons (Fsp3) is 0.467. The molecule has 0 aliphatic rings. The minimum absolute atomic E-state index is 0.419. The molecule has 1 heterocycles. The molecule has 0 saturated heterocycles. The van der Waals surface area contributed by atoms with Crippen LogP contribution in [0.2, 0.25) is 0 Å². The molecule has 1 aromatic carbocycles. The van der Waals surface area contributed by atoms with Crippen molar-refractivity contribution in [3.05, 3.63) is 36.2 Å². The Kier molecular flexibility index (Phi) is 4.65. The van der Waals surface area contributed by atoms with Crippen LogP contribution in [0.3, 0.4) is 0 Å². The summed E-state index contributed by atoms with van der Waals surface area (Å²) in [6, 6.07) is 6.78.